The number of aromatic nitrogens is 1. The first-order valence-corrected chi connectivity index (χ1v) is 11.0. The molecule has 0 aliphatic carbocycles. The van der Waals surface area contributed by atoms with E-state index in [2.05, 4.69) is 21.9 Å². The van der Waals surface area contributed by atoms with Gasteiger partial charge in [0.05, 0.1) is 12.8 Å². The lowest BCUT2D eigenvalue weighted by atomic mass is 10.00. The lowest BCUT2D eigenvalue weighted by Crippen LogP contribution is -2.49. The van der Waals surface area contributed by atoms with Crippen molar-refractivity contribution in [1.29, 1.82) is 0 Å². The number of nitrogens with one attached hydrogen (secondary N) is 2. The van der Waals surface area contributed by atoms with E-state index in [-0.39, 0.29) is 12.1 Å². The van der Waals surface area contributed by atoms with Gasteiger partial charge >= 0.3 is 6.03 Å². The van der Waals surface area contributed by atoms with Crippen molar-refractivity contribution in [2.75, 3.05) is 19.3 Å². The lowest BCUT2D eigenvalue weighted by Gasteiger charge is -2.35. The van der Waals surface area contributed by atoms with Crippen LogP contribution in [0.3, 0.4) is 0 Å². The van der Waals surface area contributed by atoms with Crippen molar-refractivity contribution in [2.45, 2.75) is 51.6 Å². The van der Waals surface area contributed by atoms with Crippen LogP contribution in [-0.4, -0.2) is 49.7 Å². The van der Waals surface area contributed by atoms with Crippen LogP contribution in [0.4, 0.5) is 4.79 Å². The van der Waals surface area contributed by atoms with Crippen molar-refractivity contribution in [3.63, 3.8) is 0 Å². The zero-order chi connectivity index (χ0) is 17.6. The summed E-state index contributed by atoms with van der Waals surface area (Å²) >= 11 is 1.62. The largest absolute Gasteiger partial charge is 0.331 e. The van der Waals surface area contributed by atoms with E-state index in [1.807, 2.05) is 11.1 Å². The van der Waals surface area contributed by atoms with E-state index in [0.717, 1.165) is 36.9 Å². The highest BCUT2D eigenvalue weighted by atomic mass is 32.2. The van der Waals surface area contributed by atoms with Gasteiger partial charge in [-0.25, -0.2) is 22.9 Å². The van der Waals surface area contributed by atoms with E-state index in [4.69, 9.17) is 0 Å². The van der Waals surface area contributed by atoms with E-state index in [1.165, 1.54) is 4.88 Å². The maximum atomic E-state index is 12.5. The van der Waals surface area contributed by atoms with E-state index in [9.17, 15) is 13.2 Å². The number of aryl methyl sites for hydroxylation is 1. The summed E-state index contributed by atoms with van der Waals surface area (Å²) in [6, 6.07) is -0.0113. The second kappa shape index (κ2) is 8.77. The van der Waals surface area contributed by atoms with Crippen molar-refractivity contribution in [2.24, 2.45) is 0 Å². The van der Waals surface area contributed by atoms with Gasteiger partial charge in [-0.3, -0.25) is 0 Å². The molecule has 1 saturated heterocycles. The van der Waals surface area contributed by atoms with Gasteiger partial charge in [0.1, 0.15) is 5.01 Å². The molecule has 1 aliphatic rings. The highest BCUT2D eigenvalue weighted by Crippen LogP contribution is 2.20. The molecule has 0 bridgehead atoms. The van der Waals surface area contributed by atoms with Crippen molar-refractivity contribution < 1.29 is 13.2 Å². The summed E-state index contributed by atoms with van der Waals surface area (Å²) in [7, 11) is -3.19. The minimum Gasteiger partial charge on any atom is -0.331 e. The molecule has 136 valence electrons. The van der Waals surface area contributed by atoms with Crippen LogP contribution >= 0.6 is 11.3 Å². The van der Waals surface area contributed by atoms with Crippen LogP contribution in [0.1, 0.15) is 42.5 Å². The van der Waals surface area contributed by atoms with E-state index >= 15 is 0 Å². The number of thiazole rings is 1. The van der Waals surface area contributed by atoms with Gasteiger partial charge in [-0.05, 0) is 32.1 Å². The molecule has 0 saturated carbocycles. The molecule has 1 atom stereocenters. The topological polar surface area (TPSA) is 91.4 Å². The fraction of sp³-hybridized carbons (Fsp3) is 0.733. The number of urea groups is 1. The highest BCUT2D eigenvalue weighted by Gasteiger charge is 2.26. The molecule has 24 heavy (non-hydrogen) atoms. The molecule has 0 radical (unpaired) electrons. The summed E-state index contributed by atoms with van der Waals surface area (Å²) in [6.45, 7) is 3.60. The Kier molecular flexibility index (Phi) is 7.00. The minimum atomic E-state index is -3.19. The fourth-order valence-corrected chi connectivity index (χ4v) is 4.12. The first-order chi connectivity index (χ1) is 11.4. The Labute approximate surface area is 147 Å². The Morgan fingerprint density at radius 3 is 2.92 bits per heavy atom. The summed E-state index contributed by atoms with van der Waals surface area (Å²) < 4.78 is 24.8. The molecule has 2 rings (SSSR count). The quantitative estimate of drug-likeness (QED) is 0.760. The zero-order valence-electron chi connectivity index (χ0n) is 14.2. The van der Waals surface area contributed by atoms with Crippen molar-refractivity contribution in [3.8, 4) is 0 Å². The van der Waals surface area contributed by atoms with Gasteiger partial charge in [0.15, 0.2) is 0 Å². The maximum Gasteiger partial charge on any atom is 0.317 e. The van der Waals surface area contributed by atoms with E-state index < -0.39 is 10.0 Å². The number of piperidine rings is 1. The third-order valence-electron chi connectivity index (χ3n) is 4.07. The molecule has 1 unspecified atom stereocenters. The van der Waals surface area contributed by atoms with Gasteiger partial charge in [-0.2, -0.15) is 0 Å². The average molecular weight is 375 g/mol. The average Bonchev–Trinajstić information content (AvgIpc) is 3.00. The van der Waals surface area contributed by atoms with Gasteiger partial charge in [-0.15, -0.1) is 11.3 Å². The highest BCUT2D eigenvalue weighted by molar-refractivity contribution is 7.88. The summed E-state index contributed by atoms with van der Waals surface area (Å²) in [5.74, 6) is 0. The van der Waals surface area contributed by atoms with Crippen molar-refractivity contribution >= 4 is 27.4 Å². The third kappa shape index (κ3) is 6.03. The smallest absolute Gasteiger partial charge is 0.317 e. The summed E-state index contributed by atoms with van der Waals surface area (Å²) in [5, 5.41) is 3.85. The van der Waals surface area contributed by atoms with Crippen LogP contribution in [0.25, 0.3) is 0 Å². The molecule has 1 aromatic heterocycles. The van der Waals surface area contributed by atoms with Crippen LogP contribution in [0.2, 0.25) is 0 Å². The molecule has 9 heteroatoms. The third-order valence-corrected chi connectivity index (χ3v) is 5.94. The monoisotopic (exact) mass is 374 g/mol. The van der Waals surface area contributed by atoms with Crippen molar-refractivity contribution in [3.05, 3.63) is 16.1 Å². The summed E-state index contributed by atoms with van der Waals surface area (Å²) in [6.07, 6.45) is 7.56. The Bertz CT molecular complexity index is 645. The number of rotatable bonds is 7. The molecule has 0 spiro atoms. The number of hydrogen-bond acceptors (Lipinski definition) is 5. The number of hydrogen-bond donors (Lipinski definition) is 2. The van der Waals surface area contributed by atoms with Crippen LogP contribution in [-0.2, 0) is 23.0 Å². The predicted octanol–water partition coefficient (Wildman–Crippen LogP) is 1.71. The van der Waals surface area contributed by atoms with E-state index in [1.54, 1.807) is 11.3 Å². The molecule has 2 heterocycles. The normalized spacial score (nSPS) is 18.6. The number of carbonyl (C=O) groups is 1. The summed E-state index contributed by atoms with van der Waals surface area (Å²) in [4.78, 5) is 19.8. The van der Waals surface area contributed by atoms with Crippen LogP contribution in [0.15, 0.2) is 6.20 Å². The SMILES string of the molecule is CCc1cnc(CNC(=O)N2CCCCC2CCNS(C)(=O)=O)s1. The first kappa shape index (κ1) is 19.1. The molecule has 2 N–H and O–H groups in total. The second-order valence-electron chi connectivity index (χ2n) is 6.03. The molecule has 0 aromatic carbocycles. The second-order valence-corrected chi connectivity index (χ2v) is 9.06. The molecule has 1 aromatic rings. The predicted molar refractivity (Wildman–Crippen MR) is 95.5 cm³/mol. The van der Waals surface area contributed by atoms with Gasteiger partial charge in [0, 0.05) is 30.2 Å². The number of likely N-dealkylation sites (tertiary alicyclic amines) is 1. The van der Waals surface area contributed by atoms with Crippen molar-refractivity contribution in [1.82, 2.24) is 19.9 Å². The molecular weight excluding hydrogens is 348 g/mol. The molecular formula is C15H26N4O3S2. The number of carbonyl (C=O) groups excluding carboxylic acids is 1. The number of sulfonamides is 1. The number of nitrogens with zero attached hydrogens (tertiary/aromatic N) is 2. The van der Waals surface area contributed by atoms with Crippen LogP contribution < -0.4 is 10.0 Å². The lowest BCUT2D eigenvalue weighted by molar-refractivity contribution is 0.147. The van der Waals surface area contributed by atoms with Crippen LogP contribution in [0.5, 0.6) is 0 Å². The molecule has 7 nitrogen and oxygen atoms in total. The minimum absolute atomic E-state index is 0.0792. The molecule has 1 fully saturated rings. The number of amides is 2. The first-order valence-electron chi connectivity index (χ1n) is 8.31. The Morgan fingerprint density at radius 2 is 2.25 bits per heavy atom. The van der Waals surface area contributed by atoms with Gasteiger partial charge in [0.25, 0.3) is 0 Å². The maximum absolute atomic E-state index is 12.5. The Hall–Kier alpha value is -1.19. The summed E-state index contributed by atoms with van der Waals surface area (Å²) in [5.41, 5.74) is 0. The standard InChI is InChI=1S/C15H26N4O3S2/c1-3-13-10-16-14(23-13)11-17-15(20)19-9-5-4-6-12(19)7-8-18-24(2,21)22/h10,12,18H,3-9,11H2,1-2H3,(H,17,20). The Balaban J connectivity index is 1.85. The Morgan fingerprint density at radius 1 is 1.46 bits per heavy atom. The van der Waals surface area contributed by atoms with Gasteiger partial charge in [0.2, 0.25) is 10.0 Å². The molecule has 1 aliphatic heterocycles. The van der Waals surface area contributed by atoms with Gasteiger partial charge < -0.3 is 10.2 Å². The van der Waals surface area contributed by atoms with E-state index in [0.29, 0.717) is 26.1 Å². The van der Waals surface area contributed by atoms with Crippen LogP contribution in [0, 0.1) is 0 Å². The molecule has 2 amide bonds. The fourth-order valence-electron chi connectivity index (χ4n) is 2.82. The zero-order valence-corrected chi connectivity index (χ0v) is 15.9. The van der Waals surface area contributed by atoms with Gasteiger partial charge in [-0.1, -0.05) is 6.92 Å².